The lowest BCUT2D eigenvalue weighted by molar-refractivity contribution is 0.246. The molecule has 6 nitrogen and oxygen atoms in total. The minimum atomic E-state index is -3.46. The highest BCUT2D eigenvalue weighted by atomic mass is 32.2. The van der Waals surface area contributed by atoms with Gasteiger partial charge in [0.05, 0.1) is 11.2 Å². The van der Waals surface area contributed by atoms with E-state index in [1.165, 1.54) is 0 Å². The molecule has 0 N–H and O–H groups in total. The molecule has 0 spiro atoms. The number of hydrogen-bond donors (Lipinski definition) is 0. The molecule has 1 aliphatic heterocycles. The summed E-state index contributed by atoms with van der Waals surface area (Å²) < 4.78 is 29.9. The van der Waals surface area contributed by atoms with Crippen LogP contribution in [-0.4, -0.2) is 40.3 Å². The number of fused-ring (bicyclic) bond motifs is 1. The van der Waals surface area contributed by atoms with Gasteiger partial charge in [0, 0.05) is 25.8 Å². The molecule has 2 aromatic heterocycles. The number of imidazole rings is 1. The zero-order chi connectivity index (χ0) is 19.0. The first-order valence-electron chi connectivity index (χ1n) is 9.28. The highest BCUT2D eigenvalue weighted by Gasteiger charge is 2.30. The molecule has 27 heavy (non-hydrogen) atoms. The molecule has 1 aliphatic rings. The van der Waals surface area contributed by atoms with Gasteiger partial charge in [0.25, 0.3) is 0 Å². The van der Waals surface area contributed by atoms with Crippen LogP contribution in [0, 0.1) is 19.8 Å². The third-order valence-corrected chi connectivity index (χ3v) is 7.29. The molecule has 3 heterocycles. The average molecular weight is 385 g/mol. The van der Waals surface area contributed by atoms with Crippen molar-refractivity contribution in [2.24, 2.45) is 5.92 Å². The highest BCUT2D eigenvalue weighted by Crippen LogP contribution is 2.26. The van der Waals surface area contributed by atoms with Gasteiger partial charge in [-0.1, -0.05) is 6.07 Å². The van der Waals surface area contributed by atoms with Crippen molar-refractivity contribution in [2.45, 2.75) is 38.1 Å². The van der Waals surface area contributed by atoms with Crippen molar-refractivity contribution in [3.05, 3.63) is 54.0 Å². The number of piperidine rings is 1. The van der Waals surface area contributed by atoms with E-state index in [0.29, 0.717) is 18.0 Å². The van der Waals surface area contributed by atoms with Gasteiger partial charge in [-0.2, -0.15) is 4.31 Å². The molecule has 1 fully saturated rings. The van der Waals surface area contributed by atoms with E-state index in [2.05, 4.69) is 9.97 Å². The summed E-state index contributed by atoms with van der Waals surface area (Å²) in [6.45, 7) is 5.78. The van der Waals surface area contributed by atoms with E-state index in [1.54, 1.807) is 29.0 Å². The van der Waals surface area contributed by atoms with E-state index in [1.807, 2.05) is 36.6 Å². The smallest absolute Gasteiger partial charge is 0.243 e. The molecular formula is C20H24N4O2S. The standard InChI is InChI=1S/C20H24N4O2S/c1-15-7-8-18(11-16(15)2)27(25,26)24-10-4-5-17(13-24)12-23-14-22-19-6-3-9-21-20(19)23/h3,6-9,11,14,17H,4-5,10,12-13H2,1-2H3. The topological polar surface area (TPSA) is 68.1 Å². The summed E-state index contributed by atoms with van der Waals surface area (Å²) in [5.74, 6) is 0.250. The highest BCUT2D eigenvalue weighted by molar-refractivity contribution is 7.89. The van der Waals surface area contributed by atoms with Crippen LogP contribution >= 0.6 is 0 Å². The first kappa shape index (κ1) is 18.1. The molecule has 0 amide bonds. The lowest BCUT2D eigenvalue weighted by atomic mass is 10.00. The Morgan fingerprint density at radius 3 is 2.81 bits per heavy atom. The van der Waals surface area contributed by atoms with Gasteiger partial charge in [-0.05, 0) is 68.0 Å². The van der Waals surface area contributed by atoms with Crippen molar-refractivity contribution in [2.75, 3.05) is 13.1 Å². The third kappa shape index (κ3) is 3.49. The normalized spacial score (nSPS) is 18.8. The number of benzene rings is 1. The third-order valence-electron chi connectivity index (χ3n) is 5.43. The largest absolute Gasteiger partial charge is 0.315 e. The molecule has 3 aromatic rings. The van der Waals surface area contributed by atoms with Crippen molar-refractivity contribution in [1.82, 2.24) is 18.8 Å². The maximum atomic E-state index is 13.1. The summed E-state index contributed by atoms with van der Waals surface area (Å²) >= 11 is 0. The number of pyridine rings is 1. The molecular weight excluding hydrogens is 360 g/mol. The Morgan fingerprint density at radius 1 is 1.15 bits per heavy atom. The molecule has 1 unspecified atom stereocenters. The quantitative estimate of drug-likeness (QED) is 0.693. The van der Waals surface area contributed by atoms with Crippen LogP contribution in [0.4, 0.5) is 0 Å². The van der Waals surface area contributed by atoms with Crippen molar-refractivity contribution in [1.29, 1.82) is 0 Å². The van der Waals surface area contributed by atoms with Crippen LogP contribution in [0.5, 0.6) is 0 Å². The number of aromatic nitrogens is 3. The van der Waals surface area contributed by atoms with E-state index in [9.17, 15) is 8.42 Å². The summed E-state index contributed by atoms with van der Waals surface area (Å²) in [6.07, 6.45) is 5.44. The van der Waals surface area contributed by atoms with Crippen LogP contribution in [0.2, 0.25) is 0 Å². The van der Waals surface area contributed by atoms with Gasteiger partial charge in [-0.3, -0.25) is 0 Å². The Labute approximate surface area is 159 Å². The van der Waals surface area contributed by atoms with Gasteiger partial charge in [-0.25, -0.2) is 18.4 Å². The molecule has 1 aromatic carbocycles. The summed E-state index contributed by atoms with van der Waals surface area (Å²) in [6, 6.07) is 9.19. The Hall–Kier alpha value is -2.25. The number of aryl methyl sites for hydroxylation is 2. The predicted molar refractivity (Wildman–Crippen MR) is 105 cm³/mol. The van der Waals surface area contributed by atoms with E-state index >= 15 is 0 Å². The van der Waals surface area contributed by atoms with Crippen LogP contribution in [0.15, 0.2) is 47.8 Å². The second kappa shape index (κ2) is 7.05. The maximum absolute atomic E-state index is 13.1. The number of hydrogen-bond acceptors (Lipinski definition) is 4. The number of nitrogens with zero attached hydrogens (tertiary/aromatic N) is 4. The predicted octanol–water partition coefficient (Wildman–Crippen LogP) is 3.15. The summed E-state index contributed by atoms with van der Waals surface area (Å²) in [5.41, 5.74) is 3.82. The van der Waals surface area contributed by atoms with Crippen LogP contribution in [-0.2, 0) is 16.6 Å². The Kier molecular flexibility index (Phi) is 4.74. The van der Waals surface area contributed by atoms with Crippen LogP contribution in [0.3, 0.4) is 0 Å². The minimum Gasteiger partial charge on any atom is -0.315 e. The fraction of sp³-hybridized carbons (Fsp3) is 0.400. The first-order chi connectivity index (χ1) is 12.9. The van der Waals surface area contributed by atoms with Crippen molar-refractivity contribution in [3.63, 3.8) is 0 Å². The number of sulfonamides is 1. The zero-order valence-corrected chi connectivity index (χ0v) is 16.5. The fourth-order valence-corrected chi connectivity index (χ4v) is 5.37. The maximum Gasteiger partial charge on any atom is 0.243 e. The van der Waals surface area contributed by atoms with E-state index in [-0.39, 0.29) is 5.92 Å². The van der Waals surface area contributed by atoms with Crippen molar-refractivity contribution < 1.29 is 8.42 Å². The molecule has 0 bridgehead atoms. The Morgan fingerprint density at radius 2 is 2.00 bits per heavy atom. The van der Waals surface area contributed by atoms with Crippen LogP contribution < -0.4 is 0 Å². The summed E-state index contributed by atoms with van der Waals surface area (Å²) in [4.78, 5) is 9.18. The summed E-state index contributed by atoms with van der Waals surface area (Å²) in [7, 11) is -3.46. The molecule has 1 saturated heterocycles. The van der Waals surface area contributed by atoms with Crippen molar-refractivity contribution >= 4 is 21.2 Å². The van der Waals surface area contributed by atoms with E-state index < -0.39 is 10.0 Å². The molecule has 142 valence electrons. The van der Waals surface area contributed by atoms with Gasteiger partial charge in [0.15, 0.2) is 5.65 Å². The minimum absolute atomic E-state index is 0.250. The average Bonchev–Trinajstić information content (AvgIpc) is 3.07. The first-order valence-corrected chi connectivity index (χ1v) is 10.7. The Bertz CT molecular complexity index is 1070. The van der Waals surface area contributed by atoms with Gasteiger partial charge < -0.3 is 4.57 Å². The van der Waals surface area contributed by atoms with Crippen LogP contribution in [0.25, 0.3) is 11.2 Å². The fourth-order valence-electron chi connectivity index (χ4n) is 3.73. The van der Waals surface area contributed by atoms with Crippen molar-refractivity contribution in [3.8, 4) is 0 Å². The molecule has 0 radical (unpaired) electrons. The van der Waals surface area contributed by atoms with Gasteiger partial charge in [-0.15, -0.1) is 0 Å². The lowest BCUT2D eigenvalue weighted by Gasteiger charge is -2.32. The zero-order valence-electron chi connectivity index (χ0n) is 15.7. The Balaban J connectivity index is 1.54. The molecule has 1 atom stereocenters. The van der Waals surface area contributed by atoms with Gasteiger partial charge >= 0.3 is 0 Å². The van der Waals surface area contributed by atoms with Crippen LogP contribution in [0.1, 0.15) is 24.0 Å². The van der Waals surface area contributed by atoms with E-state index in [4.69, 9.17) is 0 Å². The molecule has 0 aliphatic carbocycles. The van der Waals surface area contributed by atoms with Gasteiger partial charge in [0.2, 0.25) is 10.0 Å². The number of rotatable bonds is 4. The second-order valence-electron chi connectivity index (χ2n) is 7.36. The van der Waals surface area contributed by atoms with E-state index in [0.717, 1.165) is 41.7 Å². The molecule has 4 rings (SSSR count). The molecule has 0 saturated carbocycles. The monoisotopic (exact) mass is 384 g/mol. The lowest BCUT2D eigenvalue weighted by Crippen LogP contribution is -2.41. The van der Waals surface area contributed by atoms with Gasteiger partial charge in [0.1, 0.15) is 5.52 Å². The molecule has 7 heteroatoms. The SMILES string of the molecule is Cc1ccc(S(=O)(=O)N2CCCC(Cn3cnc4cccnc43)C2)cc1C. The summed E-state index contributed by atoms with van der Waals surface area (Å²) in [5, 5.41) is 0. The second-order valence-corrected chi connectivity index (χ2v) is 9.30.